The fourth-order valence-electron chi connectivity index (χ4n) is 2.87. The van der Waals surface area contributed by atoms with E-state index in [1.54, 1.807) is 13.8 Å². The smallest absolute Gasteiger partial charge is 0.330 e. The Morgan fingerprint density at radius 3 is 2.62 bits per heavy atom. The highest BCUT2D eigenvalue weighted by Gasteiger charge is 2.56. The predicted molar refractivity (Wildman–Crippen MR) is 80.2 cm³/mol. The fraction of sp³-hybridized carbons (Fsp3) is 0.667. The molecule has 2 aliphatic heterocycles. The number of H-pyrrole nitrogens is 1. The highest BCUT2D eigenvalue weighted by Crippen LogP contribution is 2.42. The first-order chi connectivity index (χ1) is 11.1. The highest BCUT2D eigenvalue weighted by atomic mass is 32.2. The molecule has 0 spiro atoms. The zero-order valence-corrected chi connectivity index (χ0v) is 13.8. The first kappa shape index (κ1) is 17.3. The molecule has 4 N–H and O–H groups in total. The number of aromatic amines is 1. The molecule has 2 saturated heterocycles. The van der Waals surface area contributed by atoms with Crippen LogP contribution in [0.25, 0.3) is 0 Å². The van der Waals surface area contributed by atoms with Crippen LogP contribution in [0.5, 0.6) is 0 Å². The molecule has 134 valence electrons. The molecular formula is C12H18N4O7S. The predicted octanol–water partition coefficient (Wildman–Crippen LogP) is -2.25. The number of nitrogens with one attached hydrogen (secondary N) is 2. The third-order valence-electron chi connectivity index (χ3n) is 3.74. The summed E-state index contributed by atoms with van der Waals surface area (Å²) in [6.07, 6.45) is -1.59. The van der Waals surface area contributed by atoms with Gasteiger partial charge < -0.3 is 14.2 Å². The minimum atomic E-state index is -3.91. The number of fused-ring (bicyclic) bond motifs is 1. The number of nitrogens with zero attached hydrogens (tertiary/aromatic N) is 1. The van der Waals surface area contributed by atoms with Crippen molar-refractivity contribution >= 4 is 10.2 Å². The molecule has 0 bridgehead atoms. The Kier molecular flexibility index (Phi) is 4.14. The topological polar surface area (TPSA) is 155 Å². The molecule has 1 aromatic heterocycles. The van der Waals surface area contributed by atoms with Crippen molar-refractivity contribution in [2.45, 2.75) is 44.2 Å². The fourth-order valence-corrected chi connectivity index (χ4v) is 3.27. The van der Waals surface area contributed by atoms with Crippen LogP contribution in [0, 0.1) is 0 Å². The van der Waals surface area contributed by atoms with Gasteiger partial charge in [-0.3, -0.25) is 14.3 Å². The summed E-state index contributed by atoms with van der Waals surface area (Å²) in [5, 5.41) is 4.93. The Labute approximate surface area is 136 Å². The molecule has 12 heteroatoms. The van der Waals surface area contributed by atoms with Crippen LogP contribution in [0.15, 0.2) is 21.9 Å². The van der Waals surface area contributed by atoms with Gasteiger partial charge in [0.05, 0.1) is 0 Å². The summed E-state index contributed by atoms with van der Waals surface area (Å²) < 4.78 is 42.8. The molecule has 3 heterocycles. The van der Waals surface area contributed by atoms with Crippen molar-refractivity contribution in [1.82, 2.24) is 14.3 Å². The summed E-state index contributed by atoms with van der Waals surface area (Å²) in [5.41, 5.74) is -1.21. The van der Waals surface area contributed by atoms with Crippen LogP contribution in [-0.2, 0) is 24.4 Å². The van der Waals surface area contributed by atoms with Gasteiger partial charge in [-0.05, 0) is 13.8 Å². The summed E-state index contributed by atoms with van der Waals surface area (Å²) in [6.45, 7) is 3.25. The summed E-state index contributed by atoms with van der Waals surface area (Å²) >= 11 is 0. The average molecular weight is 362 g/mol. The Hall–Kier alpha value is -1.57. The van der Waals surface area contributed by atoms with Gasteiger partial charge in [0, 0.05) is 18.8 Å². The number of hydrogen-bond donors (Lipinski definition) is 3. The van der Waals surface area contributed by atoms with Gasteiger partial charge in [-0.1, -0.05) is 0 Å². The lowest BCUT2D eigenvalue weighted by Gasteiger charge is -2.24. The van der Waals surface area contributed by atoms with E-state index in [0.717, 1.165) is 0 Å². The zero-order chi connectivity index (χ0) is 17.7. The van der Waals surface area contributed by atoms with Crippen LogP contribution in [0.2, 0.25) is 0 Å². The average Bonchev–Trinajstić information content (AvgIpc) is 2.90. The van der Waals surface area contributed by atoms with Gasteiger partial charge in [-0.15, -0.1) is 0 Å². The van der Waals surface area contributed by atoms with Crippen molar-refractivity contribution in [3.05, 3.63) is 33.1 Å². The molecule has 4 atom stereocenters. The van der Waals surface area contributed by atoms with E-state index < -0.39 is 51.8 Å². The Balaban J connectivity index is 1.90. The molecule has 0 unspecified atom stereocenters. The number of aromatic nitrogens is 2. The third-order valence-corrected chi connectivity index (χ3v) is 4.31. The molecule has 11 nitrogen and oxygen atoms in total. The van der Waals surface area contributed by atoms with Crippen LogP contribution in [0.4, 0.5) is 0 Å². The summed E-state index contributed by atoms with van der Waals surface area (Å²) in [5.74, 6) is -0.928. The maximum atomic E-state index is 12.0. The van der Waals surface area contributed by atoms with Crippen molar-refractivity contribution in [1.29, 1.82) is 0 Å². The van der Waals surface area contributed by atoms with E-state index in [1.165, 1.54) is 16.8 Å². The minimum absolute atomic E-state index is 0.145. The molecule has 0 saturated carbocycles. The van der Waals surface area contributed by atoms with E-state index in [9.17, 15) is 18.0 Å². The minimum Gasteiger partial charge on any atom is -0.348 e. The summed E-state index contributed by atoms with van der Waals surface area (Å²) in [4.78, 5) is 25.3. The van der Waals surface area contributed by atoms with Crippen LogP contribution >= 0.6 is 0 Å². The first-order valence-electron chi connectivity index (χ1n) is 7.16. The van der Waals surface area contributed by atoms with Gasteiger partial charge in [0.15, 0.2) is 12.0 Å². The SMILES string of the molecule is CC1(C)O[C@@H]2[C@H](O1)[C@@H](CNS(N)(=O)=O)O[C@H]2n1ccc(=O)[nH]c1=O. The molecule has 0 aromatic carbocycles. The molecule has 2 aliphatic rings. The van der Waals surface area contributed by atoms with E-state index in [-0.39, 0.29) is 6.54 Å². The molecule has 0 aliphatic carbocycles. The number of rotatable bonds is 4. The quantitative estimate of drug-likeness (QED) is 0.546. The largest absolute Gasteiger partial charge is 0.348 e. The van der Waals surface area contributed by atoms with Crippen molar-refractivity contribution in [3.63, 3.8) is 0 Å². The Bertz CT molecular complexity index is 845. The molecule has 1 aromatic rings. The summed E-state index contributed by atoms with van der Waals surface area (Å²) in [6, 6.07) is 1.18. The monoisotopic (exact) mass is 362 g/mol. The van der Waals surface area contributed by atoms with E-state index in [1.807, 2.05) is 0 Å². The second-order valence-electron chi connectivity index (χ2n) is 6.04. The molecular weight excluding hydrogens is 344 g/mol. The van der Waals surface area contributed by atoms with Crippen molar-refractivity contribution in [2.75, 3.05) is 6.54 Å². The number of hydrogen-bond acceptors (Lipinski definition) is 7. The van der Waals surface area contributed by atoms with Gasteiger partial charge in [0.1, 0.15) is 18.3 Å². The van der Waals surface area contributed by atoms with Crippen LogP contribution < -0.4 is 21.1 Å². The van der Waals surface area contributed by atoms with E-state index >= 15 is 0 Å². The zero-order valence-electron chi connectivity index (χ0n) is 13.0. The van der Waals surface area contributed by atoms with Gasteiger partial charge >= 0.3 is 5.69 Å². The normalized spacial score (nSPS) is 32.0. The van der Waals surface area contributed by atoms with Crippen LogP contribution in [0.1, 0.15) is 20.1 Å². The number of ether oxygens (including phenoxy) is 3. The third kappa shape index (κ3) is 3.43. The molecule has 3 rings (SSSR count). The van der Waals surface area contributed by atoms with Gasteiger partial charge in [-0.2, -0.15) is 13.1 Å². The van der Waals surface area contributed by atoms with Crippen molar-refractivity contribution in [2.24, 2.45) is 5.14 Å². The van der Waals surface area contributed by atoms with E-state index in [2.05, 4.69) is 9.71 Å². The Morgan fingerprint density at radius 1 is 1.33 bits per heavy atom. The standard InChI is InChI=1S/C12H18N4O7S/c1-12(2)22-8-6(5-14-24(13,19)20)21-10(9(8)23-12)16-4-3-7(17)15-11(16)18/h3-4,6,8-10,14H,5H2,1-2H3,(H2,13,19,20)(H,15,17,18)/t6-,8-,9-,10-/m1/s1. The van der Waals surface area contributed by atoms with Crippen LogP contribution in [0.3, 0.4) is 0 Å². The van der Waals surface area contributed by atoms with Gasteiger partial charge in [0.2, 0.25) is 0 Å². The number of nitrogens with two attached hydrogens (primary N) is 1. The first-order valence-corrected chi connectivity index (χ1v) is 8.70. The van der Waals surface area contributed by atoms with E-state index in [4.69, 9.17) is 19.3 Å². The lowest BCUT2D eigenvalue weighted by atomic mass is 10.1. The molecule has 0 amide bonds. The lowest BCUT2D eigenvalue weighted by Crippen LogP contribution is -2.42. The van der Waals surface area contributed by atoms with Gasteiger partial charge in [-0.25, -0.2) is 9.93 Å². The highest BCUT2D eigenvalue weighted by molar-refractivity contribution is 7.87. The van der Waals surface area contributed by atoms with Gasteiger partial charge in [0.25, 0.3) is 15.8 Å². The Morgan fingerprint density at radius 2 is 2.00 bits per heavy atom. The summed E-state index contributed by atoms with van der Waals surface area (Å²) in [7, 11) is -3.91. The lowest BCUT2D eigenvalue weighted by molar-refractivity contribution is -0.196. The second-order valence-corrected chi connectivity index (χ2v) is 7.42. The molecule has 24 heavy (non-hydrogen) atoms. The maximum absolute atomic E-state index is 12.0. The molecule has 2 fully saturated rings. The van der Waals surface area contributed by atoms with E-state index in [0.29, 0.717) is 0 Å². The van der Waals surface area contributed by atoms with Crippen molar-refractivity contribution < 1.29 is 22.6 Å². The maximum Gasteiger partial charge on any atom is 0.330 e. The molecule has 0 radical (unpaired) electrons. The van der Waals surface area contributed by atoms with Crippen LogP contribution in [-0.4, -0.2) is 48.6 Å². The van der Waals surface area contributed by atoms with Crippen molar-refractivity contribution in [3.8, 4) is 0 Å². The second kappa shape index (κ2) is 5.75.